The van der Waals surface area contributed by atoms with Gasteiger partial charge in [-0.2, -0.15) is 0 Å². The van der Waals surface area contributed by atoms with Gasteiger partial charge in [0.2, 0.25) is 15.9 Å². The first kappa shape index (κ1) is 28.8. The number of rotatable bonds is 8. The average Bonchev–Trinajstić information content (AvgIpc) is 3.33. The molecule has 1 aromatic heterocycles. The summed E-state index contributed by atoms with van der Waals surface area (Å²) in [6.45, 7) is 1.33. The fourth-order valence-corrected chi connectivity index (χ4v) is 5.64. The van der Waals surface area contributed by atoms with Crippen molar-refractivity contribution >= 4 is 49.9 Å². The zero-order valence-corrected chi connectivity index (χ0v) is 23.9. The van der Waals surface area contributed by atoms with Crippen molar-refractivity contribution < 1.29 is 32.6 Å². The predicted molar refractivity (Wildman–Crippen MR) is 159 cm³/mol. The van der Waals surface area contributed by atoms with Gasteiger partial charge in [-0.25, -0.2) is 18.2 Å². The maximum atomic E-state index is 12.8. The summed E-state index contributed by atoms with van der Waals surface area (Å²) in [5, 5.41) is 11.6. The van der Waals surface area contributed by atoms with Crippen LogP contribution in [0.15, 0.2) is 77.8 Å². The van der Waals surface area contributed by atoms with Crippen LogP contribution in [0.25, 0.3) is 10.9 Å². The van der Waals surface area contributed by atoms with Crippen LogP contribution in [0.2, 0.25) is 0 Å². The smallest absolute Gasteiger partial charge is 0.337 e. The van der Waals surface area contributed by atoms with Crippen LogP contribution in [0.5, 0.6) is 5.88 Å². The maximum absolute atomic E-state index is 12.8. The molecule has 0 radical (unpaired) electrons. The monoisotopic (exact) mass is 590 g/mol. The van der Waals surface area contributed by atoms with Gasteiger partial charge in [-0.05, 0) is 36.4 Å². The molecule has 5 rings (SSSR count). The number of anilines is 1. The summed E-state index contributed by atoms with van der Waals surface area (Å²) in [5.41, 5.74) is 3.29. The van der Waals surface area contributed by atoms with Crippen molar-refractivity contribution in [2.75, 3.05) is 50.5 Å². The van der Waals surface area contributed by atoms with Gasteiger partial charge in [-0.3, -0.25) is 9.10 Å². The van der Waals surface area contributed by atoms with E-state index in [1.807, 2.05) is 30.3 Å². The number of aliphatic imine (C=N–C) groups is 1. The summed E-state index contributed by atoms with van der Waals surface area (Å²) in [4.78, 5) is 34.2. The lowest BCUT2D eigenvalue weighted by atomic mass is 10.00. The third-order valence-corrected chi connectivity index (χ3v) is 8.05. The first-order valence-corrected chi connectivity index (χ1v) is 15.0. The molecule has 1 fully saturated rings. The third-order valence-electron chi connectivity index (χ3n) is 6.91. The molecule has 42 heavy (non-hydrogen) atoms. The fraction of sp³-hybridized carbons (Fsp3) is 0.233. The molecule has 1 aliphatic rings. The molecular weight excluding hydrogens is 560 g/mol. The van der Waals surface area contributed by atoms with Crippen molar-refractivity contribution in [2.24, 2.45) is 4.99 Å². The SMILES string of the molecule is COC(=O)c1ccc2c(C(=Nc3ccc(N(CC(=O)N4CCOCC4)S(C)(=O)=O)cc3)c3ccccc3)c(O)[nH]c2c1. The second-order valence-corrected chi connectivity index (χ2v) is 11.6. The van der Waals surface area contributed by atoms with Crippen molar-refractivity contribution in [2.45, 2.75) is 0 Å². The van der Waals surface area contributed by atoms with E-state index in [1.165, 1.54) is 7.11 Å². The van der Waals surface area contributed by atoms with Crippen LogP contribution in [0, 0.1) is 0 Å². The number of carbonyl (C=O) groups excluding carboxylic acids is 2. The van der Waals surface area contributed by atoms with Crippen molar-refractivity contribution in [1.29, 1.82) is 0 Å². The van der Waals surface area contributed by atoms with Gasteiger partial charge in [0.25, 0.3) is 0 Å². The van der Waals surface area contributed by atoms with E-state index >= 15 is 0 Å². The normalized spacial score (nSPS) is 14.1. The zero-order chi connectivity index (χ0) is 29.9. The number of sulfonamides is 1. The van der Waals surface area contributed by atoms with Gasteiger partial charge in [0, 0.05) is 29.6 Å². The van der Waals surface area contributed by atoms with Crippen LogP contribution in [-0.4, -0.2) is 87.2 Å². The molecular formula is C30H30N4O7S. The largest absolute Gasteiger partial charge is 0.494 e. The summed E-state index contributed by atoms with van der Waals surface area (Å²) in [6.07, 6.45) is 1.06. The Bertz CT molecular complexity index is 1740. The minimum absolute atomic E-state index is 0.129. The van der Waals surface area contributed by atoms with E-state index in [-0.39, 0.29) is 18.3 Å². The molecule has 0 spiro atoms. The molecule has 3 aromatic carbocycles. The lowest BCUT2D eigenvalue weighted by Crippen LogP contribution is -2.47. The van der Waals surface area contributed by atoms with E-state index in [4.69, 9.17) is 14.5 Å². The van der Waals surface area contributed by atoms with E-state index in [0.29, 0.717) is 65.4 Å². The van der Waals surface area contributed by atoms with Crippen molar-refractivity contribution in [1.82, 2.24) is 9.88 Å². The lowest BCUT2D eigenvalue weighted by molar-refractivity contribution is -0.133. The quantitative estimate of drug-likeness (QED) is 0.237. The highest BCUT2D eigenvalue weighted by molar-refractivity contribution is 7.92. The molecule has 2 heterocycles. The van der Waals surface area contributed by atoms with Crippen LogP contribution in [0.3, 0.4) is 0 Å². The molecule has 0 aliphatic carbocycles. The lowest BCUT2D eigenvalue weighted by Gasteiger charge is -2.30. The van der Waals surface area contributed by atoms with Crippen molar-refractivity contribution in [3.63, 3.8) is 0 Å². The van der Waals surface area contributed by atoms with Gasteiger partial charge in [0.05, 0.1) is 54.8 Å². The molecule has 1 amide bonds. The van der Waals surface area contributed by atoms with Crippen LogP contribution in [-0.2, 0) is 24.3 Å². The molecule has 0 saturated carbocycles. The first-order valence-electron chi connectivity index (χ1n) is 13.2. The van der Waals surface area contributed by atoms with Gasteiger partial charge >= 0.3 is 5.97 Å². The van der Waals surface area contributed by atoms with Crippen molar-refractivity contribution in [3.05, 3.63) is 89.5 Å². The Labute approximate surface area is 243 Å². The zero-order valence-electron chi connectivity index (χ0n) is 23.1. The average molecular weight is 591 g/mol. The molecule has 11 nitrogen and oxygen atoms in total. The predicted octanol–water partition coefficient (Wildman–Crippen LogP) is 3.45. The number of methoxy groups -OCH3 is 1. The molecule has 1 saturated heterocycles. The number of hydrogen-bond acceptors (Lipinski definition) is 8. The number of aromatic nitrogens is 1. The van der Waals surface area contributed by atoms with Crippen LogP contribution in [0.1, 0.15) is 21.5 Å². The topological polar surface area (TPSA) is 142 Å². The highest BCUT2D eigenvalue weighted by Gasteiger charge is 2.25. The van der Waals surface area contributed by atoms with E-state index in [0.717, 1.165) is 16.1 Å². The molecule has 1 aliphatic heterocycles. The molecule has 2 N–H and O–H groups in total. The minimum Gasteiger partial charge on any atom is -0.494 e. The number of H-pyrrole nitrogens is 1. The Balaban J connectivity index is 1.52. The Morgan fingerprint density at radius 2 is 1.71 bits per heavy atom. The molecule has 0 atom stereocenters. The van der Waals surface area contributed by atoms with Gasteiger partial charge in [-0.1, -0.05) is 36.4 Å². The number of nitrogens with one attached hydrogen (secondary N) is 1. The summed E-state index contributed by atoms with van der Waals surface area (Å²) in [5.74, 6) is -0.933. The second-order valence-electron chi connectivity index (χ2n) is 9.71. The second kappa shape index (κ2) is 12.0. The number of ether oxygens (including phenoxy) is 2. The van der Waals surface area contributed by atoms with E-state index in [1.54, 1.807) is 47.4 Å². The molecule has 218 valence electrons. The summed E-state index contributed by atoms with van der Waals surface area (Å²) in [6, 6.07) is 20.7. The van der Waals surface area contributed by atoms with E-state index < -0.39 is 16.0 Å². The Morgan fingerprint density at radius 1 is 1.02 bits per heavy atom. The number of nitrogens with zero attached hydrogens (tertiary/aromatic N) is 3. The summed E-state index contributed by atoms with van der Waals surface area (Å²) < 4.78 is 36.5. The minimum atomic E-state index is -3.76. The summed E-state index contributed by atoms with van der Waals surface area (Å²) in [7, 11) is -2.46. The highest BCUT2D eigenvalue weighted by Crippen LogP contribution is 2.33. The first-order chi connectivity index (χ1) is 20.2. The van der Waals surface area contributed by atoms with Crippen LogP contribution < -0.4 is 4.31 Å². The van der Waals surface area contributed by atoms with E-state index in [2.05, 4.69) is 4.98 Å². The number of carbonyl (C=O) groups is 2. The number of morpholine rings is 1. The number of aromatic hydroxyl groups is 1. The Morgan fingerprint density at radius 3 is 2.36 bits per heavy atom. The maximum Gasteiger partial charge on any atom is 0.337 e. The molecule has 4 aromatic rings. The standard InChI is InChI=1S/C30H30N4O7S/c1-40-30(37)21-8-13-24-25(18-21)32-29(36)27(24)28(20-6-4-3-5-7-20)31-22-9-11-23(12-10-22)34(42(2,38)39)19-26(35)33-14-16-41-17-15-33/h3-13,18,32,36H,14-17,19H2,1-2H3. The fourth-order valence-electron chi connectivity index (χ4n) is 4.79. The van der Waals surface area contributed by atoms with Gasteiger partial charge in [0.1, 0.15) is 6.54 Å². The third kappa shape index (κ3) is 6.14. The Kier molecular flexibility index (Phi) is 8.27. The van der Waals surface area contributed by atoms with Gasteiger partial charge < -0.3 is 24.5 Å². The van der Waals surface area contributed by atoms with Gasteiger partial charge in [0.15, 0.2) is 5.88 Å². The molecule has 0 bridgehead atoms. The number of aromatic amines is 1. The number of hydrogen-bond donors (Lipinski definition) is 2. The molecule has 12 heteroatoms. The van der Waals surface area contributed by atoms with Crippen LogP contribution >= 0.6 is 0 Å². The number of fused-ring (bicyclic) bond motifs is 1. The van der Waals surface area contributed by atoms with Crippen molar-refractivity contribution in [3.8, 4) is 5.88 Å². The highest BCUT2D eigenvalue weighted by atomic mass is 32.2. The van der Waals surface area contributed by atoms with Gasteiger partial charge in [-0.15, -0.1) is 0 Å². The summed E-state index contributed by atoms with van der Waals surface area (Å²) >= 11 is 0. The van der Waals surface area contributed by atoms with Crippen LogP contribution in [0.4, 0.5) is 11.4 Å². The number of benzene rings is 3. The number of esters is 1. The van der Waals surface area contributed by atoms with E-state index in [9.17, 15) is 23.1 Å². The Hall–Kier alpha value is -4.68. The number of amides is 1. The molecule has 0 unspecified atom stereocenters.